The van der Waals surface area contributed by atoms with Crippen molar-refractivity contribution in [1.82, 2.24) is 10.2 Å². The van der Waals surface area contributed by atoms with Gasteiger partial charge in [0, 0.05) is 26.2 Å². The predicted molar refractivity (Wildman–Crippen MR) is 109 cm³/mol. The quantitative estimate of drug-likeness (QED) is 0.660. The third-order valence-corrected chi connectivity index (χ3v) is 5.15. The van der Waals surface area contributed by atoms with Crippen molar-refractivity contribution in [3.8, 4) is 0 Å². The van der Waals surface area contributed by atoms with Gasteiger partial charge in [0.2, 0.25) is 0 Å². The first-order valence-electron chi connectivity index (χ1n) is 10.4. The molecule has 1 aliphatic heterocycles. The van der Waals surface area contributed by atoms with Crippen LogP contribution in [0.2, 0.25) is 0 Å². The van der Waals surface area contributed by atoms with E-state index in [2.05, 4.69) is 5.32 Å². The maximum absolute atomic E-state index is 12.7. The molecular weight excluding hydrogens is 413 g/mol. The minimum absolute atomic E-state index is 0.245. The molecule has 0 aliphatic carbocycles. The first kappa shape index (κ1) is 25.0. The van der Waals surface area contributed by atoms with Gasteiger partial charge in [0.15, 0.2) is 0 Å². The molecular formula is C22H31F3N2O4. The summed E-state index contributed by atoms with van der Waals surface area (Å²) in [5, 5.41) is 3.18. The van der Waals surface area contributed by atoms with Crippen LogP contribution in [-0.2, 0) is 27.0 Å². The van der Waals surface area contributed by atoms with E-state index in [1.165, 1.54) is 12.1 Å². The lowest BCUT2D eigenvalue weighted by atomic mass is 9.78. The fourth-order valence-electron chi connectivity index (χ4n) is 3.44. The second-order valence-corrected chi connectivity index (χ2v) is 8.77. The second kappa shape index (κ2) is 9.89. The Morgan fingerprint density at radius 2 is 1.68 bits per heavy atom. The van der Waals surface area contributed by atoms with Crippen molar-refractivity contribution in [3.05, 3.63) is 35.4 Å². The number of hydrogen-bond donors (Lipinski definition) is 1. The van der Waals surface area contributed by atoms with Crippen molar-refractivity contribution in [1.29, 1.82) is 0 Å². The van der Waals surface area contributed by atoms with Crippen LogP contribution >= 0.6 is 0 Å². The summed E-state index contributed by atoms with van der Waals surface area (Å²) >= 11 is 0. The number of likely N-dealkylation sites (tertiary alicyclic amines) is 1. The summed E-state index contributed by atoms with van der Waals surface area (Å²) in [7, 11) is 0. The first-order chi connectivity index (χ1) is 14.4. The van der Waals surface area contributed by atoms with Gasteiger partial charge in [0.1, 0.15) is 5.60 Å². The standard InChI is InChI=1S/C22H31F3N2O4/c1-5-30-18(28)21(10-12-27(13-11-21)19(29)31-20(2,3)4)15-26-14-16-6-8-17(9-7-16)22(23,24)25/h6-9,26H,5,10-15H2,1-4H3. The van der Waals surface area contributed by atoms with Crippen molar-refractivity contribution in [3.63, 3.8) is 0 Å². The van der Waals surface area contributed by atoms with Crippen LogP contribution in [0, 0.1) is 5.41 Å². The topological polar surface area (TPSA) is 67.9 Å². The van der Waals surface area contributed by atoms with Gasteiger partial charge in [-0.25, -0.2) is 4.79 Å². The number of amides is 1. The van der Waals surface area contributed by atoms with E-state index in [-0.39, 0.29) is 12.6 Å². The molecule has 1 aliphatic rings. The van der Waals surface area contributed by atoms with Crippen molar-refractivity contribution in [2.24, 2.45) is 5.41 Å². The highest BCUT2D eigenvalue weighted by molar-refractivity contribution is 5.78. The number of halogens is 3. The normalized spacial score (nSPS) is 16.7. The maximum atomic E-state index is 12.7. The van der Waals surface area contributed by atoms with Gasteiger partial charge >= 0.3 is 18.2 Å². The molecule has 0 radical (unpaired) electrons. The van der Waals surface area contributed by atoms with E-state index in [9.17, 15) is 22.8 Å². The van der Waals surface area contributed by atoms with Crippen LogP contribution in [0.5, 0.6) is 0 Å². The van der Waals surface area contributed by atoms with E-state index in [4.69, 9.17) is 9.47 Å². The van der Waals surface area contributed by atoms with Gasteiger partial charge in [-0.2, -0.15) is 13.2 Å². The number of ether oxygens (including phenoxy) is 2. The summed E-state index contributed by atoms with van der Waals surface area (Å²) in [4.78, 5) is 26.6. The Hall–Kier alpha value is -2.29. The van der Waals surface area contributed by atoms with Crippen molar-refractivity contribution >= 4 is 12.1 Å². The molecule has 174 valence electrons. The molecule has 0 saturated carbocycles. The molecule has 2 rings (SSSR count). The number of piperidine rings is 1. The molecule has 1 N–H and O–H groups in total. The summed E-state index contributed by atoms with van der Waals surface area (Å²) in [5.74, 6) is -0.334. The van der Waals surface area contributed by atoms with Crippen LogP contribution in [0.3, 0.4) is 0 Å². The van der Waals surface area contributed by atoms with Gasteiger partial charge in [0.25, 0.3) is 0 Å². The number of carbonyl (C=O) groups is 2. The molecule has 0 spiro atoms. The number of hydrogen-bond acceptors (Lipinski definition) is 5. The molecule has 31 heavy (non-hydrogen) atoms. The van der Waals surface area contributed by atoms with Crippen LogP contribution < -0.4 is 5.32 Å². The molecule has 0 unspecified atom stereocenters. The monoisotopic (exact) mass is 444 g/mol. The predicted octanol–water partition coefficient (Wildman–Crippen LogP) is 4.38. The first-order valence-corrected chi connectivity index (χ1v) is 10.4. The number of rotatable bonds is 6. The van der Waals surface area contributed by atoms with E-state index in [0.29, 0.717) is 44.6 Å². The lowest BCUT2D eigenvalue weighted by molar-refractivity contribution is -0.158. The highest BCUT2D eigenvalue weighted by Crippen LogP contribution is 2.33. The SMILES string of the molecule is CCOC(=O)C1(CNCc2ccc(C(F)(F)F)cc2)CCN(C(=O)OC(C)(C)C)CC1. The Bertz CT molecular complexity index is 750. The van der Waals surface area contributed by atoms with Gasteiger partial charge in [0.05, 0.1) is 17.6 Å². The number of nitrogens with one attached hydrogen (secondary N) is 1. The molecule has 1 amide bonds. The number of carbonyl (C=O) groups excluding carboxylic acids is 2. The molecule has 0 aromatic heterocycles. The molecule has 1 saturated heterocycles. The zero-order chi connectivity index (χ0) is 23.3. The fraction of sp³-hybridized carbons (Fsp3) is 0.636. The zero-order valence-corrected chi connectivity index (χ0v) is 18.5. The second-order valence-electron chi connectivity index (χ2n) is 8.77. The minimum atomic E-state index is -4.37. The fourth-order valence-corrected chi connectivity index (χ4v) is 3.44. The molecule has 1 aromatic rings. The largest absolute Gasteiger partial charge is 0.466 e. The Labute approximate surface area is 181 Å². The Kier molecular flexibility index (Phi) is 7.97. The summed E-state index contributed by atoms with van der Waals surface area (Å²) in [5.41, 5.74) is -1.43. The Balaban J connectivity index is 1.98. The molecule has 1 fully saturated rings. The number of benzene rings is 1. The zero-order valence-electron chi connectivity index (χ0n) is 18.5. The van der Waals surface area contributed by atoms with E-state index in [1.807, 2.05) is 0 Å². The van der Waals surface area contributed by atoms with Crippen LogP contribution in [0.15, 0.2) is 24.3 Å². The lowest BCUT2D eigenvalue weighted by Gasteiger charge is -2.40. The molecule has 6 nitrogen and oxygen atoms in total. The van der Waals surface area contributed by atoms with Gasteiger partial charge < -0.3 is 19.7 Å². The number of nitrogens with zero attached hydrogens (tertiary/aromatic N) is 1. The van der Waals surface area contributed by atoms with Gasteiger partial charge in [-0.05, 0) is 58.2 Å². The van der Waals surface area contributed by atoms with Gasteiger partial charge in [-0.1, -0.05) is 12.1 Å². The molecule has 1 aromatic carbocycles. The van der Waals surface area contributed by atoms with Crippen LogP contribution in [-0.4, -0.2) is 48.8 Å². The smallest absolute Gasteiger partial charge is 0.416 e. The van der Waals surface area contributed by atoms with Crippen LogP contribution in [0.25, 0.3) is 0 Å². The van der Waals surface area contributed by atoms with Gasteiger partial charge in [-0.15, -0.1) is 0 Å². The summed E-state index contributed by atoms with van der Waals surface area (Å²) in [6, 6.07) is 4.91. The highest BCUT2D eigenvalue weighted by Gasteiger charge is 2.44. The number of esters is 1. The van der Waals surface area contributed by atoms with E-state index < -0.39 is 28.8 Å². The third-order valence-electron chi connectivity index (χ3n) is 5.15. The lowest BCUT2D eigenvalue weighted by Crippen LogP contribution is -2.52. The maximum Gasteiger partial charge on any atom is 0.416 e. The molecule has 1 heterocycles. The Morgan fingerprint density at radius 3 is 2.16 bits per heavy atom. The summed E-state index contributed by atoms with van der Waals surface area (Å²) in [6.45, 7) is 8.69. The molecule has 0 bridgehead atoms. The third kappa shape index (κ3) is 7.12. The van der Waals surface area contributed by atoms with Crippen molar-refractivity contribution < 1.29 is 32.2 Å². The van der Waals surface area contributed by atoms with Crippen molar-refractivity contribution in [2.75, 3.05) is 26.2 Å². The minimum Gasteiger partial charge on any atom is -0.466 e. The summed E-state index contributed by atoms with van der Waals surface area (Å²) < 4.78 is 48.8. The van der Waals surface area contributed by atoms with E-state index in [0.717, 1.165) is 12.1 Å². The number of alkyl halides is 3. The van der Waals surface area contributed by atoms with E-state index in [1.54, 1.807) is 32.6 Å². The molecule has 0 atom stereocenters. The van der Waals surface area contributed by atoms with Crippen molar-refractivity contribution in [2.45, 2.75) is 58.9 Å². The average Bonchev–Trinajstić information content (AvgIpc) is 2.67. The molecule has 9 heteroatoms. The van der Waals surface area contributed by atoms with E-state index >= 15 is 0 Å². The van der Waals surface area contributed by atoms with Gasteiger partial charge in [-0.3, -0.25) is 4.79 Å². The Morgan fingerprint density at radius 1 is 1.10 bits per heavy atom. The average molecular weight is 444 g/mol. The summed E-state index contributed by atoms with van der Waals surface area (Å²) in [6.07, 6.45) is -3.97. The van der Waals surface area contributed by atoms with Crippen LogP contribution in [0.4, 0.5) is 18.0 Å². The highest BCUT2D eigenvalue weighted by atomic mass is 19.4. The van der Waals surface area contributed by atoms with Crippen LogP contribution in [0.1, 0.15) is 51.7 Å².